The number of aldehydes is 1. The molecule has 1 heterocycles. The van der Waals surface area contributed by atoms with Gasteiger partial charge in [-0.3, -0.25) is 4.79 Å². The van der Waals surface area contributed by atoms with Crippen LogP contribution in [0.25, 0.3) is 0 Å². The third-order valence-electron chi connectivity index (χ3n) is 1.96. The summed E-state index contributed by atoms with van der Waals surface area (Å²) < 4.78 is 1.07. The number of carbonyl (C=O) groups excluding carboxylic acids is 1. The number of thiazole rings is 1. The summed E-state index contributed by atoms with van der Waals surface area (Å²) in [5.74, 6) is 0. The summed E-state index contributed by atoms with van der Waals surface area (Å²) in [4.78, 5) is 15.3. The average molecular weight is 282 g/mol. The van der Waals surface area contributed by atoms with Gasteiger partial charge in [0.2, 0.25) is 0 Å². The molecule has 2 rings (SSSR count). The van der Waals surface area contributed by atoms with Crippen LogP contribution in [0, 0.1) is 0 Å². The maximum atomic E-state index is 10.5. The maximum Gasteiger partial charge on any atom is 0.161 e. The van der Waals surface area contributed by atoms with Gasteiger partial charge in [0.15, 0.2) is 6.29 Å². The van der Waals surface area contributed by atoms with Crippen molar-refractivity contribution in [2.75, 3.05) is 0 Å². The summed E-state index contributed by atoms with van der Waals surface area (Å²) in [6.45, 7) is 0. The van der Waals surface area contributed by atoms with E-state index in [4.69, 9.17) is 0 Å². The van der Waals surface area contributed by atoms with Crippen LogP contribution in [0.3, 0.4) is 0 Å². The first kappa shape index (κ1) is 10.5. The average Bonchev–Trinajstić information content (AvgIpc) is 2.69. The lowest BCUT2D eigenvalue weighted by molar-refractivity contribution is 0.112. The molecular weight excluding hydrogens is 274 g/mol. The Kier molecular flexibility index (Phi) is 3.28. The van der Waals surface area contributed by atoms with Crippen LogP contribution < -0.4 is 0 Å². The Hall–Kier alpha value is -1.000. The van der Waals surface area contributed by atoms with E-state index in [1.807, 2.05) is 24.3 Å². The minimum absolute atomic E-state index is 0.683. The minimum atomic E-state index is 0.683. The van der Waals surface area contributed by atoms with E-state index in [-0.39, 0.29) is 0 Å². The van der Waals surface area contributed by atoms with E-state index in [0.717, 1.165) is 22.2 Å². The number of hydrogen-bond donors (Lipinski definition) is 0. The van der Waals surface area contributed by atoms with Crippen molar-refractivity contribution in [2.45, 2.75) is 6.42 Å². The van der Waals surface area contributed by atoms with Crippen LogP contribution in [0.4, 0.5) is 0 Å². The van der Waals surface area contributed by atoms with Crippen molar-refractivity contribution in [3.63, 3.8) is 0 Å². The molecule has 0 atom stereocenters. The highest BCUT2D eigenvalue weighted by molar-refractivity contribution is 9.10. The Bertz CT molecular complexity index is 464. The number of rotatable bonds is 3. The van der Waals surface area contributed by atoms with Crippen LogP contribution in [-0.2, 0) is 6.42 Å². The highest BCUT2D eigenvalue weighted by atomic mass is 79.9. The zero-order chi connectivity index (χ0) is 10.7. The molecule has 4 heteroatoms. The fourth-order valence-corrected chi connectivity index (χ4v) is 2.27. The summed E-state index contributed by atoms with van der Waals surface area (Å²) in [6.07, 6.45) is 3.24. The van der Waals surface area contributed by atoms with Gasteiger partial charge in [0, 0.05) is 17.1 Å². The van der Waals surface area contributed by atoms with E-state index in [1.165, 1.54) is 16.9 Å². The second-order valence-electron chi connectivity index (χ2n) is 3.08. The van der Waals surface area contributed by atoms with Crippen molar-refractivity contribution in [1.29, 1.82) is 0 Å². The molecule has 0 bridgehead atoms. The van der Waals surface area contributed by atoms with Crippen LogP contribution in [-0.4, -0.2) is 11.3 Å². The Labute approximate surface area is 100 Å². The van der Waals surface area contributed by atoms with Crippen LogP contribution >= 0.6 is 27.3 Å². The molecule has 0 aliphatic heterocycles. The van der Waals surface area contributed by atoms with Crippen LogP contribution in [0.2, 0.25) is 0 Å². The third kappa shape index (κ3) is 2.73. The normalized spacial score (nSPS) is 10.2. The number of benzene rings is 1. The van der Waals surface area contributed by atoms with Crippen LogP contribution in [0.1, 0.15) is 20.2 Å². The predicted molar refractivity (Wildman–Crippen MR) is 64.4 cm³/mol. The molecule has 1 aromatic carbocycles. The summed E-state index contributed by atoms with van der Waals surface area (Å²) in [5.41, 5.74) is 1.20. The number of aromatic nitrogens is 1. The Balaban J connectivity index is 2.14. The fraction of sp³-hybridized carbons (Fsp3) is 0.0909. The van der Waals surface area contributed by atoms with Crippen molar-refractivity contribution in [1.82, 2.24) is 4.98 Å². The molecule has 2 nitrogen and oxygen atoms in total. The van der Waals surface area contributed by atoms with Gasteiger partial charge in [0.25, 0.3) is 0 Å². The van der Waals surface area contributed by atoms with Gasteiger partial charge in [0.05, 0.1) is 9.88 Å². The zero-order valence-electron chi connectivity index (χ0n) is 7.81. The van der Waals surface area contributed by atoms with Crippen molar-refractivity contribution < 1.29 is 4.79 Å². The van der Waals surface area contributed by atoms with Crippen LogP contribution in [0.5, 0.6) is 0 Å². The number of carbonyl (C=O) groups is 1. The number of halogens is 1. The molecule has 0 saturated heterocycles. The summed E-state index contributed by atoms with van der Waals surface area (Å²) in [5, 5.41) is 0.972. The van der Waals surface area contributed by atoms with Crippen molar-refractivity contribution in [3.05, 3.63) is 50.4 Å². The molecule has 0 N–H and O–H groups in total. The third-order valence-corrected chi connectivity index (χ3v) is 3.41. The lowest BCUT2D eigenvalue weighted by Crippen LogP contribution is -1.85. The van der Waals surface area contributed by atoms with Gasteiger partial charge in [0.1, 0.15) is 0 Å². The second-order valence-corrected chi connectivity index (χ2v) is 5.14. The maximum absolute atomic E-state index is 10.5. The van der Waals surface area contributed by atoms with Crippen molar-refractivity contribution in [3.8, 4) is 0 Å². The standard InChI is InChI=1S/C11H8BrNOS/c12-9-3-1-8(2-4-9)5-11-13-6-10(7-14)15-11/h1-4,6-7H,5H2. The van der Waals surface area contributed by atoms with Crippen molar-refractivity contribution in [2.24, 2.45) is 0 Å². The van der Waals surface area contributed by atoms with E-state index in [9.17, 15) is 4.79 Å². The first-order valence-corrected chi connectivity index (χ1v) is 6.03. The Morgan fingerprint density at radius 1 is 1.33 bits per heavy atom. The van der Waals surface area contributed by atoms with E-state index in [1.54, 1.807) is 6.20 Å². The molecule has 0 fully saturated rings. The molecule has 0 radical (unpaired) electrons. The topological polar surface area (TPSA) is 30.0 Å². The van der Waals surface area contributed by atoms with Crippen molar-refractivity contribution >= 4 is 33.6 Å². The monoisotopic (exact) mass is 281 g/mol. The molecule has 0 amide bonds. The van der Waals surface area contributed by atoms with Gasteiger partial charge in [-0.15, -0.1) is 11.3 Å². The Morgan fingerprint density at radius 3 is 2.67 bits per heavy atom. The molecule has 0 aliphatic carbocycles. The lowest BCUT2D eigenvalue weighted by Gasteiger charge is -1.97. The molecule has 0 aliphatic rings. The highest BCUT2D eigenvalue weighted by Gasteiger charge is 2.02. The first-order valence-electron chi connectivity index (χ1n) is 4.42. The smallest absolute Gasteiger partial charge is 0.161 e. The largest absolute Gasteiger partial charge is 0.297 e. The van der Waals surface area contributed by atoms with Gasteiger partial charge < -0.3 is 0 Å². The molecule has 0 saturated carbocycles. The van der Waals surface area contributed by atoms with Gasteiger partial charge >= 0.3 is 0 Å². The molecule has 1 aromatic heterocycles. The molecule has 2 aromatic rings. The fourth-order valence-electron chi connectivity index (χ4n) is 1.24. The number of nitrogens with zero attached hydrogens (tertiary/aromatic N) is 1. The Morgan fingerprint density at radius 2 is 2.07 bits per heavy atom. The number of hydrogen-bond acceptors (Lipinski definition) is 3. The van der Waals surface area contributed by atoms with Gasteiger partial charge in [-0.05, 0) is 17.7 Å². The zero-order valence-corrected chi connectivity index (χ0v) is 10.2. The SMILES string of the molecule is O=Cc1cnc(Cc2ccc(Br)cc2)s1. The highest BCUT2D eigenvalue weighted by Crippen LogP contribution is 2.17. The van der Waals surface area contributed by atoms with Gasteiger partial charge in [-0.1, -0.05) is 28.1 Å². The molecule has 0 spiro atoms. The van der Waals surface area contributed by atoms with E-state index in [2.05, 4.69) is 20.9 Å². The summed E-state index contributed by atoms with van der Waals surface area (Å²) in [6, 6.07) is 8.10. The second kappa shape index (κ2) is 4.68. The summed E-state index contributed by atoms with van der Waals surface area (Å²) in [7, 11) is 0. The van der Waals surface area contributed by atoms with E-state index >= 15 is 0 Å². The quantitative estimate of drug-likeness (QED) is 0.808. The van der Waals surface area contributed by atoms with E-state index in [0.29, 0.717) is 4.88 Å². The van der Waals surface area contributed by atoms with Gasteiger partial charge in [-0.2, -0.15) is 0 Å². The molecule has 76 valence electrons. The molecule has 0 unspecified atom stereocenters. The van der Waals surface area contributed by atoms with E-state index < -0.39 is 0 Å². The molecular formula is C11H8BrNOS. The van der Waals surface area contributed by atoms with Gasteiger partial charge in [-0.25, -0.2) is 4.98 Å². The lowest BCUT2D eigenvalue weighted by atomic mass is 10.2. The predicted octanol–water partition coefficient (Wildman–Crippen LogP) is 3.31. The van der Waals surface area contributed by atoms with Crippen LogP contribution in [0.15, 0.2) is 34.9 Å². The first-order chi connectivity index (χ1) is 7.28. The molecule has 15 heavy (non-hydrogen) atoms. The summed E-state index contributed by atoms with van der Waals surface area (Å²) >= 11 is 4.83. The minimum Gasteiger partial charge on any atom is -0.297 e.